The van der Waals surface area contributed by atoms with Gasteiger partial charge in [0, 0.05) is 39.1 Å². The van der Waals surface area contributed by atoms with Crippen molar-refractivity contribution >= 4 is 11.5 Å². The van der Waals surface area contributed by atoms with Gasteiger partial charge in [0.15, 0.2) is 0 Å². The lowest BCUT2D eigenvalue weighted by Gasteiger charge is -2.23. The van der Waals surface area contributed by atoms with Crippen LogP contribution in [0.25, 0.3) is 5.65 Å². The van der Waals surface area contributed by atoms with Crippen molar-refractivity contribution in [1.29, 1.82) is 0 Å². The molecule has 0 aliphatic rings. The van der Waals surface area contributed by atoms with Gasteiger partial charge in [-0.25, -0.2) is 4.98 Å². The summed E-state index contributed by atoms with van der Waals surface area (Å²) in [7, 11) is 3.68. The zero-order chi connectivity index (χ0) is 12.3. The number of likely N-dealkylation sites (N-methyl/N-ethyl adjacent to an activating group) is 1. The number of pyridine rings is 1. The first-order valence-corrected chi connectivity index (χ1v) is 5.60. The van der Waals surface area contributed by atoms with Crippen molar-refractivity contribution in [1.82, 2.24) is 9.38 Å². The molecule has 0 aliphatic carbocycles. The average molecular weight is 234 g/mol. The summed E-state index contributed by atoms with van der Waals surface area (Å²) in [5.74, 6) is 1.08. The maximum absolute atomic E-state index is 5.95. The molecule has 0 bridgehead atoms. The Labute approximate surface area is 101 Å². The van der Waals surface area contributed by atoms with Gasteiger partial charge in [-0.3, -0.25) is 4.40 Å². The zero-order valence-electron chi connectivity index (χ0n) is 10.2. The monoisotopic (exact) mass is 234 g/mol. The average Bonchev–Trinajstić information content (AvgIpc) is 2.76. The normalized spacial score (nSPS) is 12.9. The van der Waals surface area contributed by atoms with E-state index >= 15 is 0 Å². The van der Waals surface area contributed by atoms with Gasteiger partial charge in [0.25, 0.3) is 0 Å². The second kappa shape index (κ2) is 5.16. The van der Waals surface area contributed by atoms with Crippen LogP contribution in [0.3, 0.4) is 0 Å². The zero-order valence-corrected chi connectivity index (χ0v) is 10.2. The number of hydrogen-bond acceptors (Lipinski definition) is 4. The molecule has 5 nitrogen and oxygen atoms in total. The van der Waals surface area contributed by atoms with E-state index in [9.17, 15) is 0 Å². The molecule has 1 unspecified atom stereocenters. The largest absolute Gasteiger partial charge is 0.383 e. The SMILES string of the molecule is COCC(N)CN(C)c1cccc2nccn12. The molecule has 0 radical (unpaired) electrons. The molecule has 0 aliphatic heterocycles. The summed E-state index contributed by atoms with van der Waals surface area (Å²) in [6.07, 6.45) is 3.74. The predicted octanol–water partition coefficient (Wildman–Crippen LogP) is 0.744. The third-order valence-corrected chi connectivity index (χ3v) is 2.69. The van der Waals surface area contributed by atoms with Gasteiger partial charge >= 0.3 is 0 Å². The summed E-state index contributed by atoms with van der Waals surface area (Å²) in [4.78, 5) is 6.37. The van der Waals surface area contributed by atoms with Crippen molar-refractivity contribution in [2.24, 2.45) is 5.73 Å². The van der Waals surface area contributed by atoms with E-state index in [2.05, 4.69) is 9.88 Å². The highest BCUT2D eigenvalue weighted by Gasteiger charge is 2.10. The first-order valence-electron chi connectivity index (χ1n) is 5.60. The van der Waals surface area contributed by atoms with Crippen molar-refractivity contribution in [3.05, 3.63) is 30.6 Å². The lowest BCUT2D eigenvalue weighted by atomic mass is 10.3. The molecule has 2 rings (SSSR count). The summed E-state index contributed by atoms with van der Waals surface area (Å²) in [5.41, 5.74) is 6.89. The fourth-order valence-corrected chi connectivity index (χ4v) is 1.96. The molecule has 1 atom stereocenters. The van der Waals surface area contributed by atoms with Gasteiger partial charge in [-0.2, -0.15) is 0 Å². The molecule has 0 saturated heterocycles. The topological polar surface area (TPSA) is 55.8 Å². The van der Waals surface area contributed by atoms with E-state index < -0.39 is 0 Å². The van der Waals surface area contributed by atoms with Crippen LogP contribution in [0.5, 0.6) is 0 Å². The predicted molar refractivity (Wildman–Crippen MR) is 68.3 cm³/mol. The molecule has 0 amide bonds. The summed E-state index contributed by atoms with van der Waals surface area (Å²) < 4.78 is 7.08. The van der Waals surface area contributed by atoms with E-state index in [1.807, 2.05) is 35.8 Å². The summed E-state index contributed by atoms with van der Waals surface area (Å²) in [6, 6.07) is 6.03. The Kier molecular flexibility index (Phi) is 3.61. The Morgan fingerprint density at radius 1 is 1.53 bits per heavy atom. The number of aromatic nitrogens is 2. The van der Waals surface area contributed by atoms with Crippen molar-refractivity contribution in [3.8, 4) is 0 Å². The fraction of sp³-hybridized carbons (Fsp3) is 0.417. The van der Waals surface area contributed by atoms with Gasteiger partial charge in [0.05, 0.1) is 6.61 Å². The number of imidazole rings is 1. The smallest absolute Gasteiger partial charge is 0.138 e. The number of nitrogens with zero attached hydrogens (tertiary/aromatic N) is 3. The van der Waals surface area contributed by atoms with Gasteiger partial charge in [-0.1, -0.05) is 6.07 Å². The van der Waals surface area contributed by atoms with Crippen LogP contribution in [0.4, 0.5) is 5.82 Å². The minimum absolute atomic E-state index is 0.00350. The molecule has 17 heavy (non-hydrogen) atoms. The number of anilines is 1. The van der Waals surface area contributed by atoms with Crippen LogP contribution >= 0.6 is 0 Å². The second-order valence-electron chi connectivity index (χ2n) is 4.14. The minimum atomic E-state index is 0.00350. The first kappa shape index (κ1) is 11.9. The highest BCUT2D eigenvalue weighted by atomic mass is 16.5. The lowest BCUT2D eigenvalue weighted by Crippen LogP contribution is -2.39. The van der Waals surface area contributed by atoms with Crippen LogP contribution < -0.4 is 10.6 Å². The Hall–Kier alpha value is -1.59. The Balaban J connectivity index is 2.18. The van der Waals surface area contributed by atoms with Crippen LogP contribution in [0, 0.1) is 0 Å². The number of rotatable bonds is 5. The first-order chi connectivity index (χ1) is 8.22. The van der Waals surface area contributed by atoms with Crippen molar-refractivity contribution in [2.45, 2.75) is 6.04 Å². The minimum Gasteiger partial charge on any atom is -0.383 e. The highest BCUT2D eigenvalue weighted by molar-refractivity contribution is 5.51. The molecular formula is C12H18N4O. The maximum atomic E-state index is 5.95. The molecule has 2 heterocycles. The number of nitrogens with two attached hydrogens (primary N) is 1. The van der Waals surface area contributed by atoms with E-state index in [0.717, 1.165) is 18.0 Å². The lowest BCUT2D eigenvalue weighted by molar-refractivity contribution is 0.181. The van der Waals surface area contributed by atoms with Crippen LogP contribution in [-0.4, -0.2) is 42.7 Å². The maximum Gasteiger partial charge on any atom is 0.138 e. The molecule has 0 fully saturated rings. The van der Waals surface area contributed by atoms with Crippen LogP contribution in [0.15, 0.2) is 30.6 Å². The second-order valence-corrected chi connectivity index (χ2v) is 4.14. The van der Waals surface area contributed by atoms with Gasteiger partial charge < -0.3 is 15.4 Å². The van der Waals surface area contributed by atoms with Crippen LogP contribution in [0.1, 0.15) is 0 Å². The molecule has 5 heteroatoms. The van der Waals surface area contributed by atoms with Crippen LogP contribution in [-0.2, 0) is 4.74 Å². The number of methoxy groups -OCH3 is 1. The van der Waals surface area contributed by atoms with E-state index in [-0.39, 0.29) is 6.04 Å². The van der Waals surface area contributed by atoms with E-state index in [1.165, 1.54) is 0 Å². The van der Waals surface area contributed by atoms with Crippen molar-refractivity contribution in [2.75, 3.05) is 32.2 Å². The summed E-state index contributed by atoms with van der Waals surface area (Å²) in [6.45, 7) is 1.30. The van der Waals surface area contributed by atoms with Gasteiger partial charge in [0.2, 0.25) is 0 Å². The quantitative estimate of drug-likeness (QED) is 0.829. The molecule has 2 aromatic heterocycles. The molecule has 2 N–H and O–H groups in total. The summed E-state index contributed by atoms with van der Waals surface area (Å²) >= 11 is 0. The van der Waals surface area contributed by atoms with Crippen LogP contribution in [0.2, 0.25) is 0 Å². The number of fused-ring (bicyclic) bond motifs is 1. The molecular weight excluding hydrogens is 216 g/mol. The third kappa shape index (κ3) is 2.57. The van der Waals surface area contributed by atoms with E-state index in [0.29, 0.717) is 6.61 Å². The standard InChI is InChI=1S/C12H18N4O/c1-15(8-10(13)9-17-2)12-5-3-4-11-14-6-7-16(11)12/h3-7,10H,8-9,13H2,1-2H3. The molecule has 0 spiro atoms. The highest BCUT2D eigenvalue weighted by Crippen LogP contribution is 2.14. The third-order valence-electron chi connectivity index (χ3n) is 2.69. The molecule has 0 aromatic carbocycles. The number of hydrogen-bond donors (Lipinski definition) is 1. The Morgan fingerprint density at radius 3 is 3.12 bits per heavy atom. The number of ether oxygens (including phenoxy) is 1. The van der Waals surface area contributed by atoms with E-state index in [1.54, 1.807) is 13.3 Å². The van der Waals surface area contributed by atoms with Crippen molar-refractivity contribution < 1.29 is 4.74 Å². The molecule has 92 valence electrons. The summed E-state index contributed by atoms with van der Waals surface area (Å²) in [5, 5.41) is 0. The Bertz CT molecular complexity index is 482. The molecule has 2 aromatic rings. The van der Waals surface area contributed by atoms with E-state index in [4.69, 9.17) is 10.5 Å². The van der Waals surface area contributed by atoms with Gasteiger partial charge in [-0.15, -0.1) is 0 Å². The van der Waals surface area contributed by atoms with Crippen molar-refractivity contribution in [3.63, 3.8) is 0 Å². The van der Waals surface area contributed by atoms with Gasteiger partial charge in [-0.05, 0) is 12.1 Å². The van der Waals surface area contributed by atoms with Gasteiger partial charge in [0.1, 0.15) is 11.5 Å². The Morgan fingerprint density at radius 2 is 2.35 bits per heavy atom. The molecule has 0 saturated carbocycles. The fourth-order valence-electron chi connectivity index (χ4n) is 1.96.